The van der Waals surface area contributed by atoms with Crippen LogP contribution in [0.4, 0.5) is 0 Å². The molecule has 0 saturated carbocycles. The first-order chi connectivity index (χ1) is 14.2. The van der Waals surface area contributed by atoms with Crippen LogP contribution in [0.5, 0.6) is 0 Å². The number of pyridine rings is 1. The molecule has 0 N–H and O–H groups in total. The molecule has 0 aliphatic carbocycles. The third-order valence-electron chi connectivity index (χ3n) is 3.82. The number of nitrogens with zero attached hydrogens (tertiary/aromatic N) is 1. The summed E-state index contributed by atoms with van der Waals surface area (Å²) in [5, 5.41) is 0.554. The van der Waals surface area contributed by atoms with Crippen molar-refractivity contribution < 1.29 is 42.9 Å². The zero-order valence-corrected chi connectivity index (χ0v) is 17.7. The number of thioether (sulfide) groups is 1. The van der Waals surface area contributed by atoms with Crippen LogP contribution >= 0.6 is 11.8 Å². The number of rotatable bonds is 7. The van der Waals surface area contributed by atoms with Gasteiger partial charge in [-0.25, -0.2) is 4.98 Å². The predicted molar refractivity (Wildman–Crippen MR) is 102 cm³/mol. The fourth-order valence-electron chi connectivity index (χ4n) is 2.82. The molecule has 0 amide bonds. The Morgan fingerprint density at radius 3 is 2.03 bits per heavy atom. The monoisotopic (exact) mass is 441 g/mol. The lowest BCUT2D eigenvalue weighted by molar-refractivity contribution is -0.237. The van der Waals surface area contributed by atoms with E-state index in [1.54, 1.807) is 24.4 Å². The number of aromatic nitrogens is 1. The van der Waals surface area contributed by atoms with E-state index in [4.69, 9.17) is 23.7 Å². The fourth-order valence-corrected chi connectivity index (χ4v) is 3.88. The fraction of sp³-hybridized carbons (Fsp3) is 0.526. The number of carbonyl (C=O) groups is 4. The summed E-state index contributed by atoms with van der Waals surface area (Å²) in [6.07, 6.45) is -2.87. The highest BCUT2D eigenvalue weighted by atomic mass is 32.2. The third kappa shape index (κ3) is 6.99. The van der Waals surface area contributed by atoms with E-state index in [1.165, 1.54) is 27.7 Å². The molecule has 5 unspecified atom stereocenters. The molecule has 1 fully saturated rings. The molecule has 5 atom stereocenters. The highest BCUT2D eigenvalue weighted by Crippen LogP contribution is 2.36. The smallest absolute Gasteiger partial charge is 0.303 e. The number of ether oxygens (including phenoxy) is 5. The Morgan fingerprint density at radius 1 is 0.900 bits per heavy atom. The Kier molecular flexibility index (Phi) is 8.60. The average molecular weight is 441 g/mol. The molecule has 0 bridgehead atoms. The van der Waals surface area contributed by atoms with E-state index < -0.39 is 53.7 Å². The van der Waals surface area contributed by atoms with Gasteiger partial charge in [0.25, 0.3) is 0 Å². The van der Waals surface area contributed by atoms with Crippen LogP contribution in [0.2, 0.25) is 0 Å². The number of carbonyl (C=O) groups excluding carboxylic acids is 4. The molecule has 0 radical (unpaired) electrons. The van der Waals surface area contributed by atoms with Gasteiger partial charge in [-0.3, -0.25) is 19.2 Å². The molecule has 2 heterocycles. The van der Waals surface area contributed by atoms with Gasteiger partial charge >= 0.3 is 23.9 Å². The minimum atomic E-state index is -1.19. The van der Waals surface area contributed by atoms with Crippen molar-refractivity contribution in [2.45, 2.75) is 62.6 Å². The van der Waals surface area contributed by atoms with Crippen molar-refractivity contribution in [2.75, 3.05) is 6.61 Å². The van der Waals surface area contributed by atoms with Crippen LogP contribution in [0.15, 0.2) is 29.4 Å². The lowest BCUT2D eigenvalue weighted by atomic mass is 9.99. The van der Waals surface area contributed by atoms with E-state index in [2.05, 4.69) is 4.98 Å². The summed E-state index contributed by atoms with van der Waals surface area (Å²) in [6, 6.07) is 5.22. The number of hydrogen-bond donors (Lipinski definition) is 0. The Balaban J connectivity index is 2.42. The van der Waals surface area contributed by atoms with Gasteiger partial charge in [0.2, 0.25) is 0 Å². The minimum Gasteiger partial charge on any atom is -0.463 e. The molecule has 11 heteroatoms. The van der Waals surface area contributed by atoms with Crippen molar-refractivity contribution in [3.63, 3.8) is 0 Å². The second-order valence-electron chi connectivity index (χ2n) is 6.35. The molecule has 10 nitrogen and oxygen atoms in total. The second kappa shape index (κ2) is 10.9. The zero-order chi connectivity index (χ0) is 22.3. The highest BCUT2D eigenvalue weighted by Gasteiger charge is 2.52. The van der Waals surface area contributed by atoms with Gasteiger partial charge in [-0.2, -0.15) is 0 Å². The molecular weight excluding hydrogens is 418 g/mol. The highest BCUT2D eigenvalue weighted by molar-refractivity contribution is 7.99. The Morgan fingerprint density at radius 2 is 1.50 bits per heavy atom. The van der Waals surface area contributed by atoms with Crippen molar-refractivity contribution in [1.29, 1.82) is 0 Å². The van der Waals surface area contributed by atoms with Crippen molar-refractivity contribution in [2.24, 2.45) is 0 Å². The molecule has 1 aromatic heterocycles. The maximum atomic E-state index is 11.8. The van der Waals surface area contributed by atoms with Gasteiger partial charge in [0.05, 0.1) is 5.03 Å². The summed E-state index contributed by atoms with van der Waals surface area (Å²) < 4.78 is 27.1. The van der Waals surface area contributed by atoms with Crippen molar-refractivity contribution in [1.82, 2.24) is 4.98 Å². The molecular formula is C19H23NO9S. The van der Waals surface area contributed by atoms with Crippen LogP contribution in [-0.4, -0.2) is 65.3 Å². The predicted octanol–water partition coefficient (Wildman–Crippen LogP) is 1.26. The SMILES string of the molecule is CC(=O)OCC1OC(Sc2ccccn2)C(OC(C)=O)C(OC(C)=O)C1OC(C)=O. The molecule has 1 aromatic rings. The van der Waals surface area contributed by atoms with Crippen LogP contribution in [0.1, 0.15) is 27.7 Å². The van der Waals surface area contributed by atoms with E-state index in [-0.39, 0.29) is 6.61 Å². The van der Waals surface area contributed by atoms with E-state index >= 15 is 0 Å². The summed E-state index contributed by atoms with van der Waals surface area (Å²) in [7, 11) is 0. The van der Waals surface area contributed by atoms with Crippen LogP contribution < -0.4 is 0 Å². The summed E-state index contributed by atoms with van der Waals surface area (Å²) in [6.45, 7) is 4.49. The van der Waals surface area contributed by atoms with Gasteiger partial charge in [-0.05, 0) is 12.1 Å². The lowest BCUT2D eigenvalue weighted by Crippen LogP contribution is -2.61. The maximum absolute atomic E-state index is 11.8. The number of esters is 4. The molecule has 0 aromatic carbocycles. The van der Waals surface area contributed by atoms with E-state index in [0.29, 0.717) is 5.03 Å². The molecule has 1 saturated heterocycles. The molecule has 2 rings (SSSR count). The largest absolute Gasteiger partial charge is 0.463 e. The van der Waals surface area contributed by atoms with Crippen LogP contribution in [0.25, 0.3) is 0 Å². The van der Waals surface area contributed by atoms with Gasteiger partial charge in [0, 0.05) is 33.9 Å². The van der Waals surface area contributed by atoms with E-state index in [9.17, 15) is 19.2 Å². The Labute approximate surface area is 177 Å². The van der Waals surface area contributed by atoms with Crippen molar-refractivity contribution in [3.8, 4) is 0 Å². The van der Waals surface area contributed by atoms with Gasteiger partial charge in [-0.1, -0.05) is 17.8 Å². The normalized spacial score (nSPS) is 25.7. The van der Waals surface area contributed by atoms with Gasteiger partial charge in [-0.15, -0.1) is 0 Å². The minimum absolute atomic E-state index is 0.267. The van der Waals surface area contributed by atoms with E-state index in [0.717, 1.165) is 11.8 Å². The zero-order valence-electron chi connectivity index (χ0n) is 16.9. The summed E-state index contributed by atoms with van der Waals surface area (Å²) in [5.41, 5.74) is -0.888. The second-order valence-corrected chi connectivity index (χ2v) is 7.47. The maximum Gasteiger partial charge on any atom is 0.303 e. The first-order valence-electron chi connectivity index (χ1n) is 9.05. The van der Waals surface area contributed by atoms with Crippen LogP contribution in [-0.2, 0) is 42.9 Å². The third-order valence-corrected chi connectivity index (χ3v) is 4.92. The number of hydrogen-bond acceptors (Lipinski definition) is 11. The van der Waals surface area contributed by atoms with E-state index in [1.807, 2.05) is 0 Å². The Bertz CT molecular complexity index is 773. The molecule has 0 spiro atoms. The van der Waals surface area contributed by atoms with Crippen molar-refractivity contribution in [3.05, 3.63) is 24.4 Å². The molecule has 1 aliphatic rings. The summed E-state index contributed by atoms with van der Waals surface area (Å²) in [4.78, 5) is 50.7. The first kappa shape index (κ1) is 23.6. The van der Waals surface area contributed by atoms with Crippen LogP contribution in [0.3, 0.4) is 0 Å². The standard InChI is InChI=1S/C19H23NO9S/c1-10(21)25-9-14-16(26-11(2)22)17(27-12(3)23)18(28-13(4)24)19(29-14)30-15-7-5-6-8-20-15/h5-8,14,16-19H,9H2,1-4H3. The van der Waals surface area contributed by atoms with Gasteiger partial charge in [0.1, 0.15) is 12.7 Å². The van der Waals surface area contributed by atoms with Crippen molar-refractivity contribution >= 4 is 35.6 Å². The average Bonchev–Trinajstić information content (AvgIpc) is 2.64. The van der Waals surface area contributed by atoms with Crippen LogP contribution in [0, 0.1) is 0 Å². The first-order valence-corrected chi connectivity index (χ1v) is 9.93. The quantitative estimate of drug-likeness (QED) is 0.448. The topological polar surface area (TPSA) is 127 Å². The van der Waals surface area contributed by atoms with Gasteiger partial charge in [0.15, 0.2) is 23.7 Å². The molecule has 30 heavy (non-hydrogen) atoms. The summed E-state index contributed by atoms with van der Waals surface area (Å²) >= 11 is 1.12. The van der Waals surface area contributed by atoms with Gasteiger partial charge < -0.3 is 23.7 Å². The lowest BCUT2D eigenvalue weighted by Gasteiger charge is -2.44. The summed E-state index contributed by atoms with van der Waals surface area (Å²) in [5.74, 6) is -2.57. The molecule has 164 valence electrons. The molecule has 1 aliphatic heterocycles. The Hall–Kier alpha value is -2.66.